The molecular weight excluding hydrogens is 275 g/mol. The van der Waals surface area contributed by atoms with Crippen molar-refractivity contribution < 1.29 is 18.7 Å². The molecule has 0 aliphatic heterocycles. The third-order valence-corrected chi connectivity index (χ3v) is 2.54. The minimum Gasteiger partial charge on any atom is -0.444 e. The second-order valence-corrected chi connectivity index (χ2v) is 5.68. The summed E-state index contributed by atoms with van der Waals surface area (Å²) >= 11 is 0. The Morgan fingerprint density at radius 3 is 2.48 bits per heavy atom. The van der Waals surface area contributed by atoms with Gasteiger partial charge in [-0.3, -0.25) is 4.79 Å². The van der Waals surface area contributed by atoms with Crippen molar-refractivity contribution in [2.45, 2.75) is 45.9 Å². The molecule has 1 aromatic rings. The highest BCUT2D eigenvalue weighted by atomic mass is 19.1. The van der Waals surface area contributed by atoms with Crippen LogP contribution in [0.15, 0.2) is 24.3 Å². The number of nitrogens with one attached hydrogen (secondary N) is 2. The van der Waals surface area contributed by atoms with Crippen molar-refractivity contribution >= 4 is 12.0 Å². The number of carbonyl (C=O) groups excluding carboxylic acids is 2. The van der Waals surface area contributed by atoms with Crippen molar-refractivity contribution in [3.8, 4) is 0 Å². The molecule has 116 valence electrons. The van der Waals surface area contributed by atoms with E-state index < -0.39 is 23.6 Å². The molecule has 0 heterocycles. The number of hydrogen-bond donors (Lipinski definition) is 2. The third-order valence-electron chi connectivity index (χ3n) is 2.54. The maximum Gasteiger partial charge on any atom is 0.408 e. The predicted octanol–water partition coefficient (Wildman–Crippen LogP) is 2.36. The lowest BCUT2D eigenvalue weighted by Crippen LogP contribution is -2.46. The average molecular weight is 296 g/mol. The first kappa shape index (κ1) is 16.9. The van der Waals surface area contributed by atoms with Gasteiger partial charge in [0.05, 0.1) is 0 Å². The van der Waals surface area contributed by atoms with E-state index >= 15 is 0 Å². The summed E-state index contributed by atoms with van der Waals surface area (Å²) in [4.78, 5) is 23.4. The van der Waals surface area contributed by atoms with Gasteiger partial charge in [-0.05, 0) is 33.8 Å². The Morgan fingerprint density at radius 1 is 1.29 bits per heavy atom. The predicted molar refractivity (Wildman–Crippen MR) is 77.1 cm³/mol. The van der Waals surface area contributed by atoms with Crippen molar-refractivity contribution in [2.24, 2.45) is 0 Å². The van der Waals surface area contributed by atoms with E-state index in [1.165, 1.54) is 13.0 Å². The molecule has 0 saturated heterocycles. The molecule has 2 amide bonds. The summed E-state index contributed by atoms with van der Waals surface area (Å²) < 4.78 is 18.4. The summed E-state index contributed by atoms with van der Waals surface area (Å²) in [6, 6.07) is 5.40. The molecule has 0 radical (unpaired) electrons. The van der Waals surface area contributed by atoms with Crippen LogP contribution in [-0.4, -0.2) is 23.6 Å². The van der Waals surface area contributed by atoms with Crippen LogP contribution >= 0.6 is 0 Å². The van der Waals surface area contributed by atoms with E-state index in [2.05, 4.69) is 10.6 Å². The first-order valence-electron chi connectivity index (χ1n) is 6.69. The van der Waals surface area contributed by atoms with Crippen LogP contribution in [0, 0.1) is 5.82 Å². The number of benzene rings is 1. The second kappa shape index (κ2) is 7.06. The van der Waals surface area contributed by atoms with Crippen LogP contribution in [0.1, 0.15) is 33.3 Å². The van der Waals surface area contributed by atoms with E-state index in [1.54, 1.807) is 39.0 Å². The average Bonchev–Trinajstić information content (AvgIpc) is 2.34. The quantitative estimate of drug-likeness (QED) is 0.896. The molecule has 6 heteroatoms. The van der Waals surface area contributed by atoms with Crippen LogP contribution < -0.4 is 10.6 Å². The molecule has 0 aliphatic carbocycles. The number of carbonyl (C=O) groups is 2. The Morgan fingerprint density at radius 2 is 1.90 bits per heavy atom. The number of ether oxygens (including phenoxy) is 1. The van der Waals surface area contributed by atoms with E-state index in [1.807, 2.05) is 0 Å². The lowest BCUT2D eigenvalue weighted by Gasteiger charge is -2.21. The smallest absolute Gasteiger partial charge is 0.408 e. The fraction of sp³-hybridized carbons (Fsp3) is 0.467. The van der Waals surface area contributed by atoms with E-state index in [-0.39, 0.29) is 12.4 Å². The highest BCUT2D eigenvalue weighted by molar-refractivity contribution is 5.85. The summed E-state index contributed by atoms with van der Waals surface area (Å²) in [5.74, 6) is -0.797. The molecule has 21 heavy (non-hydrogen) atoms. The third kappa shape index (κ3) is 6.25. The van der Waals surface area contributed by atoms with Crippen LogP contribution in [0.2, 0.25) is 0 Å². The van der Waals surface area contributed by atoms with Crippen LogP contribution in [0.25, 0.3) is 0 Å². The zero-order valence-electron chi connectivity index (χ0n) is 12.7. The van der Waals surface area contributed by atoms with Gasteiger partial charge >= 0.3 is 6.09 Å². The Hall–Kier alpha value is -2.11. The molecule has 0 saturated carbocycles. The van der Waals surface area contributed by atoms with Gasteiger partial charge in [-0.1, -0.05) is 18.2 Å². The lowest BCUT2D eigenvalue weighted by molar-refractivity contribution is -0.122. The minimum atomic E-state index is -0.772. The molecular formula is C15H21FN2O3. The first-order valence-corrected chi connectivity index (χ1v) is 6.69. The Labute approximate surface area is 123 Å². The van der Waals surface area contributed by atoms with E-state index in [4.69, 9.17) is 4.74 Å². The van der Waals surface area contributed by atoms with Crippen LogP contribution in [0.3, 0.4) is 0 Å². The van der Waals surface area contributed by atoms with Gasteiger partial charge in [0.2, 0.25) is 5.91 Å². The molecule has 1 atom stereocenters. The van der Waals surface area contributed by atoms with Gasteiger partial charge in [-0.15, -0.1) is 0 Å². The molecule has 0 spiro atoms. The normalized spacial score (nSPS) is 12.4. The number of rotatable bonds is 4. The largest absolute Gasteiger partial charge is 0.444 e. The molecule has 0 fully saturated rings. The highest BCUT2D eigenvalue weighted by Gasteiger charge is 2.20. The minimum absolute atomic E-state index is 0.0614. The number of alkyl carbamates (subject to hydrolysis) is 1. The Balaban J connectivity index is 2.45. The topological polar surface area (TPSA) is 67.4 Å². The van der Waals surface area contributed by atoms with Gasteiger partial charge in [-0.25, -0.2) is 9.18 Å². The zero-order valence-corrected chi connectivity index (χ0v) is 12.7. The number of hydrogen-bond acceptors (Lipinski definition) is 3. The molecule has 0 aliphatic rings. The molecule has 1 unspecified atom stereocenters. The summed E-state index contributed by atoms with van der Waals surface area (Å²) in [6.07, 6.45) is -0.670. The van der Waals surface area contributed by atoms with Crippen LogP contribution in [-0.2, 0) is 16.1 Å². The fourth-order valence-corrected chi connectivity index (χ4v) is 1.53. The maximum atomic E-state index is 13.4. The molecule has 0 aromatic heterocycles. The van der Waals surface area contributed by atoms with Crippen LogP contribution in [0.5, 0.6) is 0 Å². The van der Waals surface area contributed by atoms with Gasteiger partial charge in [0.15, 0.2) is 0 Å². The molecule has 1 rings (SSSR count). The van der Waals surface area contributed by atoms with Crippen molar-refractivity contribution in [2.75, 3.05) is 0 Å². The number of amides is 2. The first-order chi connectivity index (χ1) is 9.69. The van der Waals surface area contributed by atoms with Gasteiger partial charge in [0.25, 0.3) is 0 Å². The summed E-state index contributed by atoms with van der Waals surface area (Å²) in [5, 5.41) is 4.98. The molecule has 2 N–H and O–H groups in total. The Kier molecular flexibility index (Phi) is 5.69. The monoisotopic (exact) mass is 296 g/mol. The highest BCUT2D eigenvalue weighted by Crippen LogP contribution is 2.07. The standard InChI is InChI=1S/C15H21FN2O3/c1-10(18-14(20)21-15(2,3)4)13(19)17-9-11-7-5-6-8-12(11)16/h5-8,10H,9H2,1-4H3,(H,17,19)(H,18,20). The van der Waals surface area contributed by atoms with Crippen molar-refractivity contribution in [3.05, 3.63) is 35.6 Å². The van der Waals surface area contributed by atoms with Crippen molar-refractivity contribution in [1.29, 1.82) is 0 Å². The summed E-state index contributed by atoms with van der Waals surface area (Å²) in [7, 11) is 0. The van der Waals surface area contributed by atoms with E-state index in [9.17, 15) is 14.0 Å². The van der Waals surface area contributed by atoms with Gasteiger partial charge in [0.1, 0.15) is 17.5 Å². The SMILES string of the molecule is CC(NC(=O)OC(C)(C)C)C(=O)NCc1ccccc1F. The summed E-state index contributed by atoms with van der Waals surface area (Å²) in [6.45, 7) is 6.78. The maximum absolute atomic E-state index is 13.4. The van der Waals surface area contributed by atoms with Crippen LogP contribution in [0.4, 0.5) is 9.18 Å². The van der Waals surface area contributed by atoms with Gasteiger partial charge in [-0.2, -0.15) is 0 Å². The van der Waals surface area contributed by atoms with E-state index in [0.29, 0.717) is 5.56 Å². The molecule has 0 bridgehead atoms. The van der Waals surface area contributed by atoms with Gasteiger partial charge in [0, 0.05) is 12.1 Å². The second-order valence-electron chi connectivity index (χ2n) is 5.68. The molecule has 1 aromatic carbocycles. The number of halogens is 1. The lowest BCUT2D eigenvalue weighted by atomic mass is 10.2. The van der Waals surface area contributed by atoms with Crippen molar-refractivity contribution in [1.82, 2.24) is 10.6 Å². The molecule has 5 nitrogen and oxygen atoms in total. The van der Waals surface area contributed by atoms with E-state index in [0.717, 1.165) is 0 Å². The van der Waals surface area contributed by atoms with Gasteiger partial charge < -0.3 is 15.4 Å². The zero-order chi connectivity index (χ0) is 16.0. The van der Waals surface area contributed by atoms with Crippen molar-refractivity contribution in [3.63, 3.8) is 0 Å². The Bertz CT molecular complexity index is 512. The fourth-order valence-electron chi connectivity index (χ4n) is 1.53. The summed E-state index contributed by atoms with van der Waals surface area (Å²) in [5.41, 5.74) is -0.247.